The highest BCUT2D eigenvalue weighted by Crippen LogP contribution is 2.33. The molecule has 3 amide bonds. The van der Waals surface area contributed by atoms with Gasteiger partial charge in [0.25, 0.3) is 5.91 Å². The number of fused-ring (bicyclic) bond motifs is 1. The number of rotatable bonds is 12. The van der Waals surface area contributed by atoms with Crippen LogP contribution in [0.25, 0.3) is 0 Å². The maximum atomic E-state index is 13.4. The first-order valence-electron chi connectivity index (χ1n) is 13.2. The maximum absolute atomic E-state index is 13.4. The van der Waals surface area contributed by atoms with E-state index in [-0.39, 0.29) is 22.9 Å². The maximum Gasteiger partial charge on any atom is 0.339 e. The third-order valence-corrected chi connectivity index (χ3v) is 7.46. The molecule has 1 aliphatic heterocycles. The van der Waals surface area contributed by atoms with Gasteiger partial charge < -0.3 is 15.3 Å². The number of nitrogens with zero attached hydrogens (tertiary/aromatic N) is 2. The van der Waals surface area contributed by atoms with Crippen molar-refractivity contribution in [3.8, 4) is 0 Å². The van der Waals surface area contributed by atoms with Gasteiger partial charge in [-0.15, -0.1) is 11.8 Å². The number of unbranched alkanes of at least 4 members (excludes halogenated alkanes) is 2. The lowest BCUT2D eigenvalue weighted by Gasteiger charge is -2.16. The van der Waals surface area contributed by atoms with Gasteiger partial charge in [-0.3, -0.25) is 4.79 Å². The Morgan fingerprint density at radius 3 is 2.55 bits per heavy atom. The quantitative estimate of drug-likeness (QED) is 0.136. The number of carboxylic acids is 1. The summed E-state index contributed by atoms with van der Waals surface area (Å²) in [4.78, 5) is 39.4. The van der Waals surface area contributed by atoms with Crippen molar-refractivity contribution < 1.29 is 23.9 Å². The zero-order chi connectivity index (χ0) is 28.5. The lowest BCUT2D eigenvalue weighted by molar-refractivity contribution is -0.112. The van der Waals surface area contributed by atoms with Crippen LogP contribution in [0.15, 0.2) is 76.7 Å². The Bertz CT molecular complexity index is 1410. The van der Waals surface area contributed by atoms with Gasteiger partial charge in [0, 0.05) is 22.7 Å². The minimum atomic E-state index is -0.938. The van der Waals surface area contributed by atoms with Crippen LogP contribution in [0.1, 0.15) is 54.1 Å². The van der Waals surface area contributed by atoms with Gasteiger partial charge in [0.1, 0.15) is 5.82 Å². The molecule has 1 heterocycles. The van der Waals surface area contributed by atoms with Crippen LogP contribution in [-0.2, 0) is 11.2 Å². The summed E-state index contributed by atoms with van der Waals surface area (Å²) in [5.74, 6) is -0.864. The SMILES string of the molecule is CCCCCN1C(=O)C(=NNC(=O)Nc2cccc(F)c2)c2cc(SCCCc3ccc(C(=O)O)cc3)ccc21. The Morgan fingerprint density at radius 1 is 1.02 bits per heavy atom. The number of carbonyl (C=O) groups is 3. The molecule has 0 atom stereocenters. The second kappa shape index (κ2) is 13.7. The number of aryl methyl sites for hydroxylation is 1. The van der Waals surface area contributed by atoms with E-state index < -0.39 is 17.8 Å². The van der Waals surface area contributed by atoms with Crippen molar-refractivity contribution in [1.82, 2.24) is 5.43 Å². The van der Waals surface area contributed by atoms with Gasteiger partial charge in [-0.25, -0.2) is 19.4 Å². The Morgan fingerprint density at radius 2 is 1.82 bits per heavy atom. The summed E-state index contributed by atoms with van der Waals surface area (Å²) in [5, 5.41) is 15.7. The minimum Gasteiger partial charge on any atom is -0.478 e. The highest BCUT2D eigenvalue weighted by molar-refractivity contribution is 7.99. The molecule has 0 aromatic heterocycles. The summed E-state index contributed by atoms with van der Waals surface area (Å²) < 4.78 is 13.4. The fourth-order valence-corrected chi connectivity index (χ4v) is 5.23. The van der Waals surface area contributed by atoms with E-state index in [1.165, 1.54) is 18.2 Å². The van der Waals surface area contributed by atoms with Crippen molar-refractivity contribution >= 4 is 46.8 Å². The molecule has 3 N–H and O–H groups in total. The molecule has 0 aliphatic carbocycles. The molecule has 0 fully saturated rings. The number of benzene rings is 3. The number of thioether (sulfide) groups is 1. The number of hydrogen-bond acceptors (Lipinski definition) is 5. The van der Waals surface area contributed by atoms with E-state index in [0.29, 0.717) is 12.1 Å². The molecule has 4 rings (SSSR count). The zero-order valence-corrected chi connectivity index (χ0v) is 23.0. The van der Waals surface area contributed by atoms with Crippen molar-refractivity contribution in [3.63, 3.8) is 0 Å². The van der Waals surface area contributed by atoms with Gasteiger partial charge >= 0.3 is 12.0 Å². The number of nitrogens with one attached hydrogen (secondary N) is 2. The number of anilines is 2. The average Bonchev–Trinajstić information content (AvgIpc) is 3.20. The largest absolute Gasteiger partial charge is 0.478 e. The summed E-state index contributed by atoms with van der Waals surface area (Å²) in [6, 6.07) is 17.5. The zero-order valence-electron chi connectivity index (χ0n) is 22.2. The van der Waals surface area contributed by atoms with Crippen LogP contribution in [0.5, 0.6) is 0 Å². The van der Waals surface area contributed by atoms with Gasteiger partial charge in [0.2, 0.25) is 0 Å². The molecule has 3 aromatic rings. The van der Waals surface area contributed by atoms with Gasteiger partial charge in [-0.1, -0.05) is 38.0 Å². The Balaban J connectivity index is 1.43. The smallest absolute Gasteiger partial charge is 0.339 e. The van der Waals surface area contributed by atoms with Crippen LogP contribution in [-0.4, -0.2) is 41.0 Å². The number of hydrazone groups is 1. The van der Waals surface area contributed by atoms with E-state index in [2.05, 4.69) is 22.8 Å². The predicted molar refractivity (Wildman–Crippen MR) is 156 cm³/mol. The van der Waals surface area contributed by atoms with Crippen LogP contribution < -0.4 is 15.6 Å². The van der Waals surface area contributed by atoms with Crippen molar-refractivity contribution in [2.75, 3.05) is 22.5 Å². The van der Waals surface area contributed by atoms with E-state index in [1.54, 1.807) is 34.9 Å². The molecule has 40 heavy (non-hydrogen) atoms. The first-order valence-corrected chi connectivity index (χ1v) is 14.2. The van der Waals surface area contributed by atoms with Crippen molar-refractivity contribution in [3.05, 3.63) is 89.2 Å². The van der Waals surface area contributed by atoms with Gasteiger partial charge in [-0.05, 0) is 79.1 Å². The van der Waals surface area contributed by atoms with E-state index >= 15 is 0 Å². The third-order valence-electron chi connectivity index (χ3n) is 6.38. The molecule has 0 radical (unpaired) electrons. The summed E-state index contributed by atoms with van der Waals surface area (Å²) in [7, 11) is 0. The van der Waals surface area contributed by atoms with E-state index in [1.807, 2.05) is 30.3 Å². The molecule has 0 saturated heterocycles. The molecule has 0 saturated carbocycles. The fraction of sp³-hybridized carbons (Fsp3) is 0.267. The fourth-order valence-electron chi connectivity index (χ4n) is 4.34. The molecule has 0 unspecified atom stereocenters. The normalized spacial score (nSPS) is 13.4. The number of carbonyl (C=O) groups excluding carboxylic acids is 2. The number of carboxylic acid groups (broad SMARTS) is 1. The van der Waals surface area contributed by atoms with Crippen LogP contribution in [0.3, 0.4) is 0 Å². The lowest BCUT2D eigenvalue weighted by Crippen LogP contribution is -2.33. The number of halogens is 1. The summed E-state index contributed by atoms with van der Waals surface area (Å²) in [6.45, 7) is 2.66. The third kappa shape index (κ3) is 7.47. The molecule has 8 nitrogen and oxygen atoms in total. The van der Waals surface area contributed by atoms with Crippen LogP contribution in [0.4, 0.5) is 20.6 Å². The van der Waals surface area contributed by atoms with Crippen LogP contribution >= 0.6 is 11.8 Å². The Hall–Kier alpha value is -4.18. The Labute approximate surface area is 236 Å². The second-order valence-corrected chi connectivity index (χ2v) is 10.5. The van der Waals surface area contributed by atoms with Crippen molar-refractivity contribution in [2.45, 2.75) is 43.9 Å². The summed E-state index contributed by atoms with van der Waals surface area (Å²) in [6.07, 6.45) is 4.58. The van der Waals surface area contributed by atoms with Gasteiger partial charge in [0.15, 0.2) is 5.71 Å². The van der Waals surface area contributed by atoms with Crippen molar-refractivity contribution in [1.29, 1.82) is 0 Å². The summed E-state index contributed by atoms with van der Waals surface area (Å²) >= 11 is 1.65. The number of aromatic carboxylic acids is 1. The Kier molecular flexibility index (Phi) is 9.91. The molecule has 208 valence electrons. The lowest BCUT2D eigenvalue weighted by atomic mass is 10.1. The summed E-state index contributed by atoms with van der Waals surface area (Å²) in [5.41, 5.74) is 5.56. The van der Waals surface area contributed by atoms with E-state index in [4.69, 9.17) is 5.11 Å². The van der Waals surface area contributed by atoms with E-state index in [9.17, 15) is 18.8 Å². The number of amides is 3. The van der Waals surface area contributed by atoms with Crippen LogP contribution in [0, 0.1) is 5.82 Å². The molecule has 10 heteroatoms. The van der Waals surface area contributed by atoms with Gasteiger partial charge in [-0.2, -0.15) is 5.10 Å². The minimum absolute atomic E-state index is 0.155. The molecular weight excluding hydrogens is 531 g/mol. The number of urea groups is 1. The highest BCUT2D eigenvalue weighted by Gasteiger charge is 2.34. The van der Waals surface area contributed by atoms with Gasteiger partial charge in [0.05, 0.1) is 11.3 Å². The first kappa shape index (κ1) is 28.8. The molecular formula is C30H31FN4O4S. The molecule has 3 aromatic carbocycles. The topological polar surface area (TPSA) is 111 Å². The monoisotopic (exact) mass is 562 g/mol. The number of hydrogen-bond donors (Lipinski definition) is 3. The standard InChI is InChI=1S/C30H31FN4O4S/c1-2-3-4-16-35-26-15-14-24(40-17-6-7-20-10-12-21(13-11-20)29(37)38)19-25(26)27(28(35)36)33-34-30(39)32-23-9-5-8-22(31)18-23/h5,8-15,18-19H,2-4,6-7,16-17H2,1H3,(H,37,38)(H2,32,34,39). The van der Waals surface area contributed by atoms with Crippen LogP contribution in [0.2, 0.25) is 0 Å². The molecule has 1 aliphatic rings. The first-order chi connectivity index (χ1) is 19.4. The predicted octanol–water partition coefficient (Wildman–Crippen LogP) is 6.31. The highest BCUT2D eigenvalue weighted by atomic mass is 32.2. The van der Waals surface area contributed by atoms with E-state index in [0.717, 1.165) is 54.0 Å². The second-order valence-electron chi connectivity index (χ2n) is 9.33. The molecule has 0 spiro atoms. The van der Waals surface area contributed by atoms with Crippen molar-refractivity contribution in [2.24, 2.45) is 5.10 Å². The molecule has 0 bridgehead atoms. The average molecular weight is 563 g/mol.